The first-order valence-corrected chi connectivity index (χ1v) is 12.7. The van der Waals surface area contributed by atoms with Crippen LogP contribution in [0.15, 0.2) is 5.16 Å². The Kier molecular flexibility index (Phi) is 7.78. The summed E-state index contributed by atoms with van der Waals surface area (Å²) in [4.78, 5) is 17.7. The van der Waals surface area contributed by atoms with Gasteiger partial charge >= 0.3 is 0 Å². The molecule has 1 aliphatic heterocycles. The maximum absolute atomic E-state index is 13.0. The van der Waals surface area contributed by atoms with Crippen LogP contribution in [-0.2, 0) is 40.2 Å². The smallest absolute Gasteiger partial charge is 0.235 e. The number of anilines is 1. The number of methoxy groups -OCH3 is 1. The standard InChI is InChI=1S/C24H33N5O3S/c1-16-17(2)28(10-12-31-3)24(26-16)33-15-22(30)27-23-20(13-25)19-8-4-5-9-21(19)29(23)14-18-7-6-11-32-18/h18H,4-12,14-15H2,1-3H3,(H,27,30). The molecular formula is C24H33N5O3S. The Morgan fingerprint density at radius 2 is 2.12 bits per heavy atom. The predicted octanol–water partition coefficient (Wildman–Crippen LogP) is 3.61. The largest absolute Gasteiger partial charge is 0.383 e. The van der Waals surface area contributed by atoms with Crippen LogP contribution in [0.2, 0.25) is 0 Å². The zero-order valence-corrected chi connectivity index (χ0v) is 20.6. The van der Waals surface area contributed by atoms with Crippen molar-refractivity contribution in [1.29, 1.82) is 5.26 Å². The molecule has 1 N–H and O–H groups in total. The van der Waals surface area contributed by atoms with E-state index in [0.29, 0.717) is 31.1 Å². The maximum atomic E-state index is 13.0. The van der Waals surface area contributed by atoms with Gasteiger partial charge in [-0.15, -0.1) is 0 Å². The first kappa shape index (κ1) is 23.9. The number of nitrogens with one attached hydrogen (secondary N) is 1. The van der Waals surface area contributed by atoms with Crippen LogP contribution in [0.3, 0.4) is 0 Å². The molecule has 0 aromatic carbocycles. The zero-order valence-electron chi connectivity index (χ0n) is 19.8. The fourth-order valence-corrected chi connectivity index (χ4v) is 5.71. The Labute approximate surface area is 199 Å². The van der Waals surface area contributed by atoms with Crippen molar-refractivity contribution in [1.82, 2.24) is 14.1 Å². The minimum Gasteiger partial charge on any atom is -0.383 e. The molecule has 1 aliphatic carbocycles. The third kappa shape index (κ3) is 5.13. The van der Waals surface area contributed by atoms with Crippen LogP contribution in [0, 0.1) is 25.2 Å². The van der Waals surface area contributed by atoms with Crippen molar-refractivity contribution in [3.05, 3.63) is 28.2 Å². The van der Waals surface area contributed by atoms with Crippen LogP contribution in [0.4, 0.5) is 5.82 Å². The molecule has 0 saturated carbocycles. The van der Waals surface area contributed by atoms with E-state index in [4.69, 9.17) is 9.47 Å². The molecule has 1 fully saturated rings. The molecule has 2 aromatic heterocycles. The number of carbonyl (C=O) groups is 1. The second-order valence-corrected chi connectivity index (χ2v) is 9.70. The molecule has 3 heterocycles. The first-order chi connectivity index (χ1) is 16.0. The highest BCUT2D eigenvalue weighted by atomic mass is 32.2. The molecule has 4 rings (SSSR count). The Morgan fingerprint density at radius 3 is 2.85 bits per heavy atom. The van der Waals surface area contributed by atoms with E-state index in [0.717, 1.165) is 67.2 Å². The van der Waals surface area contributed by atoms with E-state index in [2.05, 4.69) is 25.5 Å². The van der Waals surface area contributed by atoms with E-state index in [1.807, 2.05) is 13.8 Å². The number of ether oxygens (including phenoxy) is 2. The average Bonchev–Trinajstić information content (AvgIpc) is 3.50. The number of aromatic nitrogens is 3. The van der Waals surface area contributed by atoms with Gasteiger partial charge in [0.1, 0.15) is 11.9 Å². The van der Waals surface area contributed by atoms with Crippen LogP contribution in [0.1, 0.15) is 53.9 Å². The summed E-state index contributed by atoms with van der Waals surface area (Å²) in [5.74, 6) is 0.737. The van der Waals surface area contributed by atoms with Gasteiger partial charge in [0.2, 0.25) is 5.91 Å². The number of imidazole rings is 1. The van der Waals surface area contributed by atoms with Crippen molar-refractivity contribution in [2.75, 3.05) is 31.4 Å². The minimum absolute atomic E-state index is 0.128. The fourth-order valence-electron chi connectivity index (χ4n) is 4.79. The molecule has 178 valence electrons. The van der Waals surface area contributed by atoms with Crippen molar-refractivity contribution < 1.29 is 14.3 Å². The third-order valence-electron chi connectivity index (χ3n) is 6.63. The summed E-state index contributed by atoms with van der Waals surface area (Å²) in [7, 11) is 1.68. The highest BCUT2D eigenvalue weighted by Gasteiger charge is 2.28. The maximum Gasteiger partial charge on any atom is 0.235 e. The second kappa shape index (κ2) is 10.8. The van der Waals surface area contributed by atoms with Crippen LogP contribution in [-0.4, -0.2) is 52.2 Å². The minimum atomic E-state index is -0.128. The van der Waals surface area contributed by atoms with Gasteiger partial charge in [-0.3, -0.25) is 4.79 Å². The van der Waals surface area contributed by atoms with E-state index >= 15 is 0 Å². The van der Waals surface area contributed by atoms with Crippen molar-refractivity contribution in [2.45, 2.75) is 76.7 Å². The molecule has 2 aliphatic rings. The Hall–Kier alpha value is -2.28. The Balaban J connectivity index is 1.52. The van der Waals surface area contributed by atoms with Gasteiger partial charge in [-0.1, -0.05) is 11.8 Å². The first-order valence-electron chi connectivity index (χ1n) is 11.7. The lowest BCUT2D eigenvalue weighted by Crippen LogP contribution is -2.23. The van der Waals surface area contributed by atoms with Gasteiger partial charge in [-0.2, -0.15) is 5.26 Å². The normalized spacial score (nSPS) is 17.7. The number of nitriles is 1. The summed E-state index contributed by atoms with van der Waals surface area (Å²) in [6.07, 6.45) is 6.24. The molecule has 0 radical (unpaired) electrons. The summed E-state index contributed by atoms with van der Waals surface area (Å²) < 4.78 is 15.3. The van der Waals surface area contributed by atoms with Crippen LogP contribution in [0.25, 0.3) is 0 Å². The Morgan fingerprint density at radius 1 is 1.30 bits per heavy atom. The highest BCUT2D eigenvalue weighted by molar-refractivity contribution is 7.99. The van der Waals surface area contributed by atoms with Gasteiger partial charge < -0.3 is 23.9 Å². The fraction of sp³-hybridized carbons (Fsp3) is 0.625. The SMILES string of the molecule is COCCn1c(SCC(=O)Nc2c(C#N)c3c(n2CC2CCCO2)CCCC3)nc(C)c1C. The predicted molar refractivity (Wildman–Crippen MR) is 128 cm³/mol. The lowest BCUT2D eigenvalue weighted by Gasteiger charge is -2.19. The molecule has 9 heteroatoms. The van der Waals surface area contributed by atoms with Crippen LogP contribution >= 0.6 is 11.8 Å². The molecule has 1 amide bonds. The topological polar surface area (TPSA) is 94.1 Å². The van der Waals surface area contributed by atoms with E-state index in [-0.39, 0.29) is 17.8 Å². The van der Waals surface area contributed by atoms with Gasteiger partial charge in [0.05, 0.1) is 36.3 Å². The molecular weight excluding hydrogens is 438 g/mol. The number of aryl methyl sites for hydroxylation is 1. The van der Waals surface area contributed by atoms with Gasteiger partial charge in [0.25, 0.3) is 0 Å². The molecule has 1 saturated heterocycles. The molecule has 0 bridgehead atoms. The molecule has 1 unspecified atom stereocenters. The van der Waals surface area contributed by atoms with Crippen molar-refractivity contribution in [3.8, 4) is 6.07 Å². The van der Waals surface area contributed by atoms with Gasteiger partial charge in [-0.25, -0.2) is 4.98 Å². The molecule has 8 nitrogen and oxygen atoms in total. The number of carbonyl (C=O) groups excluding carboxylic acids is 1. The quantitative estimate of drug-likeness (QED) is 0.562. The molecule has 0 spiro atoms. The van der Waals surface area contributed by atoms with Crippen LogP contribution < -0.4 is 5.32 Å². The summed E-state index contributed by atoms with van der Waals surface area (Å²) in [6.45, 7) is 6.76. The lowest BCUT2D eigenvalue weighted by atomic mass is 9.95. The summed E-state index contributed by atoms with van der Waals surface area (Å²) in [5.41, 5.74) is 4.96. The number of fused-ring (bicyclic) bond motifs is 1. The van der Waals surface area contributed by atoms with E-state index in [1.165, 1.54) is 17.5 Å². The van der Waals surface area contributed by atoms with Crippen molar-refractivity contribution in [2.24, 2.45) is 0 Å². The molecule has 2 aromatic rings. The number of hydrogen-bond donors (Lipinski definition) is 1. The van der Waals surface area contributed by atoms with Crippen molar-refractivity contribution in [3.63, 3.8) is 0 Å². The summed E-state index contributed by atoms with van der Waals surface area (Å²) in [5, 5.41) is 13.8. The lowest BCUT2D eigenvalue weighted by molar-refractivity contribution is -0.113. The summed E-state index contributed by atoms with van der Waals surface area (Å²) >= 11 is 1.41. The average molecular weight is 472 g/mol. The number of nitrogens with zero attached hydrogens (tertiary/aromatic N) is 4. The highest BCUT2D eigenvalue weighted by Crippen LogP contribution is 2.34. The van der Waals surface area contributed by atoms with Crippen LogP contribution in [0.5, 0.6) is 0 Å². The van der Waals surface area contributed by atoms with Gasteiger partial charge in [0, 0.05) is 31.6 Å². The number of amides is 1. The second-order valence-electron chi connectivity index (χ2n) is 8.76. The number of rotatable bonds is 9. The van der Waals surface area contributed by atoms with Crippen molar-refractivity contribution >= 4 is 23.5 Å². The molecule has 1 atom stereocenters. The Bertz CT molecular complexity index is 1050. The zero-order chi connectivity index (χ0) is 23.4. The third-order valence-corrected chi connectivity index (χ3v) is 7.60. The summed E-state index contributed by atoms with van der Waals surface area (Å²) in [6, 6.07) is 2.38. The van der Waals surface area contributed by atoms with E-state index in [9.17, 15) is 10.1 Å². The van der Waals surface area contributed by atoms with Gasteiger partial charge in [0.15, 0.2) is 5.16 Å². The molecule has 33 heavy (non-hydrogen) atoms. The number of thioether (sulfide) groups is 1. The van der Waals surface area contributed by atoms with Gasteiger partial charge in [-0.05, 0) is 57.9 Å². The monoisotopic (exact) mass is 471 g/mol. The van der Waals surface area contributed by atoms with E-state index in [1.54, 1.807) is 7.11 Å². The number of hydrogen-bond acceptors (Lipinski definition) is 6. The van der Waals surface area contributed by atoms with E-state index < -0.39 is 0 Å².